The van der Waals surface area contributed by atoms with Crippen molar-refractivity contribution in [1.82, 2.24) is 14.9 Å². The maximum Gasteiger partial charge on any atom is 0.410 e. The van der Waals surface area contributed by atoms with Crippen LogP contribution in [0.4, 0.5) is 16.3 Å². The number of anilines is 2. The molecule has 0 unspecified atom stereocenters. The Morgan fingerprint density at radius 3 is 2.59 bits per heavy atom. The first-order chi connectivity index (χ1) is 15.2. The number of primary sulfonamides is 1. The Balaban J connectivity index is 1.41. The fourth-order valence-corrected chi connectivity index (χ4v) is 4.50. The van der Waals surface area contributed by atoms with E-state index in [1.807, 2.05) is 18.7 Å². The highest BCUT2D eigenvalue weighted by molar-refractivity contribution is 7.89. The van der Waals surface area contributed by atoms with Crippen LogP contribution in [0.15, 0.2) is 35.5 Å². The summed E-state index contributed by atoms with van der Waals surface area (Å²) in [7, 11) is -3.74. The molecule has 32 heavy (non-hydrogen) atoms. The van der Waals surface area contributed by atoms with E-state index in [0.717, 1.165) is 11.3 Å². The summed E-state index contributed by atoms with van der Waals surface area (Å²) < 4.78 is 34.6. The Labute approximate surface area is 187 Å². The van der Waals surface area contributed by atoms with Crippen LogP contribution in [-0.2, 0) is 21.2 Å². The van der Waals surface area contributed by atoms with Crippen LogP contribution >= 0.6 is 0 Å². The Morgan fingerprint density at radius 1 is 1.16 bits per heavy atom. The number of carbonyl (C=O) groups is 1. The first kappa shape index (κ1) is 22.3. The number of hydrogen-bond donors (Lipinski definition) is 1. The topological polar surface area (TPSA) is 128 Å². The number of fused-ring (bicyclic) bond motifs is 1. The van der Waals surface area contributed by atoms with Crippen molar-refractivity contribution in [2.24, 2.45) is 5.14 Å². The van der Waals surface area contributed by atoms with E-state index in [1.54, 1.807) is 23.1 Å². The second-order valence-electron chi connectivity index (χ2n) is 8.19. The SMILES string of the molecule is CC(C)OC(=O)N1CCC(Oc2cc(N3CCc4cc(S(N)(=O)=O)ccc43)ncn2)CC1. The van der Waals surface area contributed by atoms with Gasteiger partial charge in [0.2, 0.25) is 15.9 Å². The van der Waals surface area contributed by atoms with Crippen molar-refractivity contribution in [3.05, 3.63) is 36.2 Å². The first-order valence-electron chi connectivity index (χ1n) is 10.6. The second kappa shape index (κ2) is 8.91. The predicted molar refractivity (Wildman–Crippen MR) is 117 cm³/mol. The fourth-order valence-electron chi connectivity index (χ4n) is 3.94. The molecule has 0 saturated carbocycles. The molecule has 2 aromatic rings. The second-order valence-corrected chi connectivity index (χ2v) is 9.75. The van der Waals surface area contributed by atoms with Crippen LogP contribution < -0.4 is 14.8 Å². The van der Waals surface area contributed by atoms with E-state index in [2.05, 4.69) is 9.97 Å². The fraction of sp³-hybridized carbons (Fsp3) is 0.476. The number of aromatic nitrogens is 2. The third kappa shape index (κ3) is 4.94. The van der Waals surface area contributed by atoms with Crippen LogP contribution in [0.2, 0.25) is 0 Å². The van der Waals surface area contributed by atoms with Gasteiger partial charge >= 0.3 is 6.09 Å². The number of amides is 1. The van der Waals surface area contributed by atoms with Gasteiger partial charge < -0.3 is 19.3 Å². The molecule has 3 heterocycles. The Bertz CT molecular complexity index is 1100. The summed E-state index contributed by atoms with van der Waals surface area (Å²) in [6.45, 7) is 5.47. The van der Waals surface area contributed by atoms with Gasteiger partial charge in [0.25, 0.3) is 0 Å². The van der Waals surface area contributed by atoms with Gasteiger partial charge in [-0.05, 0) is 44.0 Å². The lowest BCUT2D eigenvalue weighted by Crippen LogP contribution is -2.42. The van der Waals surface area contributed by atoms with E-state index in [-0.39, 0.29) is 23.2 Å². The number of sulfonamides is 1. The van der Waals surface area contributed by atoms with Gasteiger partial charge in [0.1, 0.15) is 18.2 Å². The average molecular weight is 462 g/mol. The summed E-state index contributed by atoms with van der Waals surface area (Å²) in [4.78, 5) is 24.5. The summed E-state index contributed by atoms with van der Waals surface area (Å²) in [5, 5.41) is 5.24. The van der Waals surface area contributed by atoms with Crippen LogP contribution in [-0.4, -0.2) is 61.2 Å². The molecule has 1 amide bonds. The number of rotatable bonds is 5. The highest BCUT2D eigenvalue weighted by Crippen LogP contribution is 2.35. The minimum absolute atomic E-state index is 0.0518. The summed E-state index contributed by atoms with van der Waals surface area (Å²) in [6, 6.07) is 6.64. The molecule has 1 fully saturated rings. The maximum atomic E-state index is 12.0. The van der Waals surface area contributed by atoms with Gasteiger partial charge in [-0.3, -0.25) is 0 Å². The van der Waals surface area contributed by atoms with Crippen LogP contribution in [0.1, 0.15) is 32.3 Å². The summed E-state index contributed by atoms with van der Waals surface area (Å²) in [5.74, 6) is 1.14. The molecule has 11 heteroatoms. The lowest BCUT2D eigenvalue weighted by Gasteiger charge is -2.31. The molecule has 2 aliphatic rings. The molecule has 172 valence electrons. The maximum absolute atomic E-state index is 12.0. The van der Waals surface area contributed by atoms with Gasteiger partial charge in [-0.1, -0.05) is 0 Å². The molecular weight excluding hydrogens is 434 g/mol. The number of benzene rings is 1. The number of likely N-dealkylation sites (tertiary alicyclic amines) is 1. The van der Waals surface area contributed by atoms with Crippen molar-refractivity contribution in [3.8, 4) is 5.88 Å². The molecule has 10 nitrogen and oxygen atoms in total. The van der Waals surface area contributed by atoms with E-state index in [1.165, 1.54) is 12.4 Å². The molecular formula is C21H27N5O5S. The highest BCUT2D eigenvalue weighted by atomic mass is 32.2. The zero-order valence-corrected chi connectivity index (χ0v) is 18.9. The minimum Gasteiger partial charge on any atom is -0.474 e. The molecule has 1 saturated heterocycles. The molecule has 0 bridgehead atoms. The van der Waals surface area contributed by atoms with Gasteiger partial charge in [-0.2, -0.15) is 0 Å². The molecule has 0 atom stereocenters. The highest BCUT2D eigenvalue weighted by Gasteiger charge is 2.27. The predicted octanol–water partition coefficient (Wildman–Crippen LogP) is 2.21. The van der Waals surface area contributed by atoms with Gasteiger partial charge in [0.15, 0.2) is 0 Å². The minimum atomic E-state index is -3.74. The van der Waals surface area contributed by atoms with Crippen molar-refractivity contribution in [1.29, 1.82) is 0 Å². The Kier molecular flexibility index (Phi) is 6.20. The third-order valence-corrected chi connectivity index (χ3v) is 6.41. The normalized spacial score (nSPS) is 16.9. The average Bonchev–Trinajstić information content (AvgIpc) is 3.17. The van der Waals surface area contributed by atoms with Crippen molar-refractivity contribution in [2.75, 3.05) is 24.5 Å². The van der Waals surface area contributed by atoms with Crippen molar-refractivity contribution < 1.29 is 22.7 Å². The number of hydrogen-bond acceptors (Lipinski definition) is 8. The van der Waals surface area contributed by atoms with E-state index < -0.39 is 10.0 Å². The van der Waals surface area contributed by atoms with E-state index in [4.69, 9.17) is 14.6 Å². The molecule has 0 spiro atoms. The monoisotopic (exact) mass is 461 g/mol. The quantitative estimate of drug-likeness (QED) is 0.718. The molecule has 0 radical (unpaired) electrons. The third-order valence-electron chi connectivity index (χ3n) is 5.50. The number of ether oxygens (including phenoxy) is 2. The standard InChI is InChI=1S/C21H27N5O5S/c1-14(2)30-21(27)25-8-6-16(7-9-25)31-20-12-19(23-13-24-20)26-10-5-15-11-17(32(22,28)29)3-4-18(15)26/h3-4,11-14,16H,5-10H2,1-2H3,(H2,22,28,29). The molecule has 2 N–H and O–H groups in total. The van der Waals surface area contributed by atoms with Crippen LogP contribution in [0, 0.1) is 0 Å². The number of carbonyl (C=O) groups excluding carboxylic acids is 1. The van der Waals surface area contributed by atoms with Crippen molar-refractivity contribution >= 4 is 27.6 Å². The lowest BCUT2D eigenvalue weighted by molar-refractivity contribution is 0.0507. The number of piperidine rings is 1. The smallest absolute Gasteiger partial charge is 0.410 e. The first-order valence-corrected chi connectivity index (χ1v) is 12.1. The zero-order valence-electron chi connectivity index (χ0n) is 18.1. The number of nitrogens with two attached hydrogens (primary N) is 1. The molecule has 1 aromatic heterocycles. The Hall–Kier alpha value is -2.92. The summed E-state index contributed by atoms with van der Waals surface area (Å²) >= 11 is 0. The lowest BCUT2D eigenvalue weighted by atomic mass is 10.1. The molecule has 4 rings (SSSR count). The number of nitrogens with zero attached hydrogens (tertiary/aromatic N) is 4. The van der Waals surface area contributed by atoms with Crippen LogP contribution in [0.3, 0.4) is 0 Å². The van der Waals surface area contributed by atoms with Crippen molar-refractivity contribution in [3.63, 3.8) is 0 Å². The van der Waals surface area contributed by atoms with Crippen molar-refractivity contribution in [2.45, 2.75) is 50.2 Å². The summed E-state index contributed by atoms with van der Waals surface area (Å²) in [6.07, 6.45) is 3.04. The van der Waals surface area contributed by atoms with Crippen LogP contribution in [0.25, 0.3) is 0 Å². The Morgan fingerprint density at radius 2 is 1.91 bits per heavy atom. The summed E-state index contributed by atoms with van der Waals surface area (Å²) in [5.41, 5.74) is 1.79. The molecule has 1 aromatic carbocycles. The van der Waals surface area contributed by atoms with E-state index in [0.29, 0.717) is 50.6 Å². The van der Waals surface area contributed by atoms with Crippen LogP contribution in [0.5, 0.6) is 5.88 Å². The largest absolute Gasteiger partial charge is 0.474 e. The molecule has 0 aliphatic carbocycles. The van der Waals surface area contributed by atoms with E-state index in [9.17, 15) is 13.2 Å². The zero-order chi connectivity index (χ0) is 22.9. The van der Waals surface area contributed by atoms with Gasteiger partial charge in [0.05, 0.1) is 11.0 Å². The van der Waals surface area contributed by atoms with Gasteiger partial charge in [0, 0.05) is 44.2 Å². The van der Waals surface area contributed by atoms with Gasteiger partial charge in [-0.15, -0.1) is 0 Å². The molecule has 2 aliphatic heterocycles. The van der Waals surface area contributed by atoms with Gasteiger partial charge in [-0.25, -0.2) is 28.3 Å². The van der Waals surface area contributed by atoms with E-state index >= 15 is 0 Å².